The van der Waals surface area contributed by atoms with Crippen LogP contribution in [0.5, 0.6) is 0 Å². The van der Waals surface area contributed by atoms with Crippen LogP contribution in [0.4, 0.5) is 0 Å². The molecule has 0 radical (unpaired) electrons. The van der Waals surface area contributed by atoms with Crippen molar-refractivity contribution in [2.24, 2.45) is 0 Å². The molecule has 0 fully saturated rings. The number of hydrogen-bond donors (Lipinski definition) is 0. The SMILES string of the molecule is C[Se](C)(Br)Cc1ccccc1. The van der Waals surface area contributed by atoms with Crippen LogP contribution in [0, 0.1) is 0 Å². The first-order valence-corrected chi connectivity index (χ1v) is 12.2. The Hall–Kier alpha value is 0.219. The molecule has 0 amide bonds. The van der Waals surface area contributed by atoms with E-state index >= 15 is 0 Å². The first-order chi connectivity index (χ1) is 5.08. The zero-order valence-corrected chi connectivity index (χ0v) is 10.2. The van der Waals surface area contributed by atoms with Gasteiger partial charge in [-0.3, -0.25) is 0 Å². The number of hydrogen-bond acceptors (Lipinski definition) is 0. The summed E-state index contributed by atoms with van der Waals surface area (Å²) in [5.74, 6) is 4.67. The molecule has 0 saturated carbocycles. The quantitative estimate of drug-likeness (QED) is 0.729. The van der Waals surface area contributed by atoms with Crippen LogP contribution >= 0.6 is 14.1 Å². The first kappa shape index (κ1) is 9.31. The van der Waals surface area contributed by atoms with Gasteiger partial charge in [0.1, 0.15) is 0 Å². The summed E-state index contributed by atoms with van der Waals surface area (Å²) in [6, 6.07) is 10.7. The monoisotopic (exact) mass is 280 g/mol. The van der Waals surface area contributed by atoms with Gasteiger partial charge in [0.25, 0.3) is 0 Å². The van der Waals surface area contributed by atoms with Gasteiger partial charge in [-0.1, -0.05) is 0 Å². The molecule has 1 aromatic carbocycles. The molecule has 62 valence electrons. The Morgan fingerprint density at radius 2 is 1.73 bits per heavy atom. The van der Waals surface area contributed by atoms with Crippen LogP contribution < -0.4 is 0 Å². The van der Waals surface area contributed by atoms with Crippen LogP contribution in [0.25, 0.3) is 0 Å². The third-order valence-electron chi connectivity index (χ3n) is 1.35. The van der Waals surface area contributed by atoms with E-state index in [0.717, 1.165) is 0 Å². The van der Waals surface area contributed by atoms with E-state index in [4.69, 9.17) is 0 Å². The van der Waals surface area contributed by atoms with Crippen LogP contribution in [-0.2, 0) is 5.32 Å². The molecule has 0 N–H and O–H groups in total. The molecule has 1 aromatic rings. The second kappa shape index (κ2) is 3.75. The Balaban J connectivity index is 2.66. The fourth-order valence-electron chi connectivity index (χ4n) is 0.971. The minimum atomic E-state index is -1.25. The van der Waals surface area contributed by atoms with E-state index in [1.54, 1.807) is 0 Å². The van der Waals surface area contributed by atoms with Gasteiger partial charge in [-0.05, 0) is 0 Å². The second-order valence-electron chi connectivity index (χ2n) is 3.03. The third-order valence-corrected chi connectivity index (χ3v) is 4.68. The van der Waals surface area contributed by atoms with Crippen LogP contribution in [0.3, 0.4) is 0 Å². The first-order valence-electron chi connectivity index (χ1n) is 3.52. The predicted molar refractivity (Wildman–Crippen MR) is 56.6 cm³/mol. The van der Waals surface area contributed by atoms with Gasteiger partial charge in [0.2, 0.25) is 0 Å². The molecule has 1 rings (SSSR count). The Bertz CT molecular complexity index is 213. The van der Waals surface area contributed by atoms with E-state index in [-0.39, 0.29) is 0 Å². The zero-order valence-electron chi connectivity index (χ0n) is 6.88. The molecule has 0 heterocycles. The molecule has 0 unspecified atom stereocenters. The van der Waals surface area contributed by atoms with Crippen LogP contribution in [0.15, 0.2) is 30.3 Å². The van der Waals surface area contributed by atoms with Gasteiger partial charge in [0, 0.05) is 0 Å². The van der Waals surface area contributed by atoms with Crippen molar-refractivity contribution >= 4 is 25.1 Å². The zero-order chi connectivity index (χ0) is 8.32. The number of halogens is 1. The molecule has 0 aliphatic carbocycles. The summed E-state index contributed by atoms with van der Waals surface area (Å²) >= 11 is 2.52. The molecule has 0 aromatic heterocycles. The van der Waals surface area contributed by atoms with Crippen LogP contribution in [0.2, 0.25) is 11.6 Å². The fraction of sp³-hybridized carbons (Fsp3) is 0.333. The minimum absolute atomic E-state index is 1.23. The maximum atomic E-state index is 3.77. The van der Waals surface area contributed by atoms with E-state index < -0.39 is 11.0 Å². The topological polar surface area (TPSA) is 0 Å². The van der Waals surface area contributed by atoms with E-state index in [2.05, 4.69) is 56.1 Å². The van der Waals surface area contributed by atoms with E-state index in [1.165, 1.54) is 10.9 Å². The Labute approximate surface area is 77.9 Å². The summed E-state index contributed by atoms with van der Waals surface area (Å²) in [6.07, 6.45) is 0. The van der Waals surface area contributed by atoms with Crippen molar-refractivity contribution < 1.29 is 0 Å². The molecule has 2 heteroatoms. The molecular formula is C9H13BrSe. The van der Waals surface area contributed by atoms with Gasteiger partial charge in [-0.15, -0.1) is 0 Å². The van der Waals surface area contributed by atoms with Crippen molar-refractivity contribution in [3.63, 3.8) is 0 Å². The molecule has 0 aliphatic rings. The van der Waals surface area contributed by atoms with Crippen molar-refractivity contribution in [2.75, 3.05) is 0 Å². The summed E-state index contributed by atoms with van der Waals surface area (Å²) < 4.78 is 0. The van der Waals surface area contributed by atoms with Gasteiger partial charge in [-0.25, -0.2) is 0 Å². The van der Waals surface area contributed by atoms with Crippen molar-refractivity contribution in [3.05, 3.63) is 35.9 Å². The fourth-order valence-corrected chi connectivity index (χ4v) is 4.41. The Morgan fingerprint density at radius 3 is 2.18 bits per heavy atom. The normalized spacial score (nSPS) is 13.0. The third kappa shape index (κ3) is 3.95. The Kier molecular flexibility index (Phi) is 3.17. The molecule has 0 spiro atoms. The van der Waals surface area contributed by atoms with Crippen LogP contribution in [-0.4, -0.2) is 11.0 Å². The molecule has 0 atom stereocenters. The van der Waals surface area contributed by atoms with Gasteiger partial charge in [0.05, 0.1) is 0 Å². The number of benzene rings is 1. The van der Waals surface area contributed by atoms with Gasteiger partial charge < -0.3 is 0 Å². The summed E-state index contributed by atoms with van der Waals surface area (Å²) in [4.78, 5) is 0. The predicted octanol–water partition coefficient (Wildman–Crippen LogP) is 3.37. The van der Waals surface area contributed by atoms with E-state index in [9.17, 15) is 0 Å². The van der Waals surface area contributed by atoms with Crippen molar-refractivity contribution in [3.8, 4) is 0 Å². The molecule has 0 aliphatic heterocycles. The average molecular weight is 280 g/mol. The van der Waals surface area contributed by atoms with Crippen molar-refractivity contribution in [1.29, 1.82) is 0 Å². The molecule has 0 saturated heterocycles. The van der Waals surface area contributed by atoms with Crippen LogP contribution in [0.1, 0.15) is 5.56 Å². The van der Waals surface area contributed by atoms with Gasteiger partial charge in [-0.2, -0.15) is 0 Å². The van der Waals surface area contributed by atoms with Gasteiger partial charge >= 0.3 is 78.0 Å². The van der Waals surface area contributed by atoms with E-state index in [0.29, 0.717) is 0 Å². The summed E-state index contributed by atoms with van der Waals surface area (Å²) in [6.45, 7) is 0. The molecule has 11 heavy (non-hydrogen) atoms. The summed E-state index contributed by atoms with van der Waals surface area (Å²) in [5, 5.41) is 1.23. The van der Waals surface area contributed by atoms with Crippen molar-refractivity contribution in [2.45, 2.75) is 17.0 Å². The maximum absolute atomic E-state index is 3.77. The average Bonchev–Trinajstić information content (AvgIpc) is 1.85. The Morgan fingerprint density at radius 1 is 1.18 bits per heavy atom. The summed E-state index contributed by atoms with van der Waals surface area (Å²) in [5.41, 5.74) is 1.45. The molecular weight excluding hydrogens is 267 g/mol. The molecule has 0 nitrogen and oxygen atoms in total. The molecule has 0 bridgehead atoms. The van der Waals surface area contributed by atoms with Gasteiger partial charge in [0.15, 0.2) is 0 Å². The number of rotatable bonds is 2. The second-order valence-corrected chi connectivity index (χ2v) is 18.6. The van der Waals surface area contributed by atoms with E-state index in [1.807, 2.05) is 0 Å². The van der Waals surface area contributed by atoms with Crippen molar-refractivity contribution in [1.82, 2.24) is 0 Å². The standard InChI is InChI=1S/C9H13BrSe/c1-11(2,10)8-9-6-4-3-5-7-9/h3-7H,8H2,1-2H3. The summed E-state index contributed by atoms with van der Waals surface area (Å²) in [7, 11) is 0.